The second kappa shape index (κ2) is 4.97. The summed E-state index contributed by atoms with van der Waals surface area (Å²) in [6, 6.07) is 10.1. The average molecular weight is 258 g/mol. The SMILES string of the molecule is CC1(N(C(=O)C2CCCCN2)c2ccccc2)CC1. The number of benzene rings is 1. The minimum atomic E-state index is 0.00591. The molecule has 0 aromatic heterocycles. The number of hydrogen-bond acceptors (Lipinski definition) is 2. The molecule has 1 amide bonds. The molecule has 2 aliphatic rings. The molecule has 1 aromatic carbocycles. The molecular weight excluding hydrogens is 236 g/mol. The maximum absolute atomic E-state index is 12.8. The lowest BCUT2D eigenvalue weighted by Gasteiger charge is -2.34. The Bertz CT molecular complexity index is 447. The van der Waals surface area contributed by atoms with Gasteiger partial charge in [-0.05, 0) is 51.3 Å². The number of amides is 1. The van der Waals surface area contributed by atoms with Crippen molar-refractivity contribution < 1.29 is 4.79 Å². The molecule has 1 unspecified atom stereocenters. The Morgan fingerprint density at radius 2 is 2.00 bits per heavy atom. The van der Waals surface area contributed by atoms with Crippen LogP contribution in [0, 0.1) is 0 Å². The van der Waals surface area contributed by atoms with Crippen LogP contribution in [0.15, 0.2) is 30.3 Å². The van der Waals surface area contributed by atoms with Crippen molar-refractivity contribution in [2.45, 2.75) is 50.6 Å². The van der Waals surface area contributed by atoms with Crippen molar-refractivity contribution in [3.63, 3.8) is 0 Å². The summed E-state index contributed by atoms with van der Waals surface area (Å²) in [4.78, 5) is 14.9. The number of rotatable bonds is 3. The van der Waals surface area contributed by atoms with Crippen LogP contribution >= 0.6 is 0 Å². The van der Waals surface area contributed by atoms with E-state index in [1.54, 1.807) is 0 Å². The van der Waals surface area contributed by atoms with E-state index in [1.165, 1.54) is 6.42 Å². The molecule has 3 heteroatoms. The van der Waals surface area contributed by atoms with Gasteiger partial charge >= 0.3 is 0 Å². The van der Waals surface area contributed by atoms with Gasteiger partial charge in [-0.15, -0.1) is 0 Å². The van der Waals surface area contributed by atoms with Crippen LogP contribution in [0.3, 0.4) is 0 Å². The predicted molar refractivity (Wildman–Crippen MR) is 77.2 cm³/mol. The monoisotopic (exact) mass is 258 g/mol. The van der Waals surface area contributed by atoms with E-state index in [0.717, 1.165) is 37.9 Å². The molecule has 1 saturated heterocycles. The summed E-state index contributed by atoms with van der Waals surface area (Å²) in [5, 5.41) is 3.38. The van der Waals surface area contributed by atoms with E-state index < -0.39 is 0 Å². The third kappa shape index (κ3) is 2.52. The molecule has 1 heterocycles. The summed E-state index contributed by atoms with van der Waals surface area (Å²) < 4.78 is 0. The van der Waals surface area contributed by atoms with E-state index in [-0.39, 0.29) is 17.5 Å². The van der Waals surface area contributed by atoms with Crippen LogP contribution in [0.1, 0.15) is 39.0 Å². The van der Waals surface area contributed by atoms with Crippen molar-refractivity contribution in [1.82, 2.24) is 5.32 Å². The topological polar surface area (TPSA) is 32.3 Å². The van der Waals surface area contributed by atoms with E-state index in [0.29, 0.717) is 0 Å². The van der Waals surface area contributed by atoms with E-state index >= 15 is 0 Å². The summed E-state index contributed by atoms with van der Waals surface area (Å²) in [7, 11) is 0. The highest BCUT2D eigenvalue weighted by Crippen LogP contribution is 2.44. The number of nitrogens with one attached hydrogen (secondary N) is 1. The molecule has 1 saturated carbocycles. The molecule has 0 bridgehead atoms. The highest BCUT2D eigenvalue weighted by Gasteiger charge is 2.47. The van der Waals surface area contributed by atoms with Crippen molar-refractivity contribution in [2.75, 3.05) is 11.4 Å². The van der Waals surface area contributed by atoms with Crippen LogP contribution in [0.25, 0.3) is 0 Å². The summed E-state index contributed by atoms with van der Waals surface area (Å²) in [6.45, 7) is 3.16. The van der Waals surface area contributed by atoms with Gasteiger partial charge in [0.25, 0.3) is 0 Å². The number of carbonyl (C=O) groups excluding carboxylic acids is 1. The summed E-state index contributed by atoms with van der Waals surface area (Å²) in [6.07, 6.45) is 5.54. The smallest absolute Gasteiger partial charge is 0.244 e. The maximum Gasteiger partial charge on any atom is 0.244 e. The van der Waals surface area contributed by atoms with E-state index in [4.69, 9.17) is 0 Å². The molecule has 102 valence electrons. The quantitative estimate of drug-likeness (QED) is 0.904. The Morgan fingerprint density at radius 1 is 1.26 bits per heavy atom. The lowest BCUT2D eigenvalue weighted by molar-refractivity contribution is -0.121. The number of anilines is 1. The maximum atomic E-state index is 12.8. The second-order valence-corrected chi connectivity index (χ2v) is 6.01. The van der Waals surface area contributed by atoms with Crippen LogP contribution in [-0.2, 0) is 4.79 Å². The first-order valence-corrected chi connectivity index (χ1v) is 7.33. The van der Waals surface area contributed by atoms with Crippen molar-refractivity contribution >= 4 is 11.6 Å². The molecule has 2 fully saturated rings. The van der Waals surface area contributed by atoms with Gasteiger partial charge in [0, 0.05) is 11.2 Å². The number of carbonyl (C=O) groups is 1. The van der Waals surface area contributed by atoms with Crippen LogP contribution in [0.5, 0.6) is 0 Å². The number of nitrogens with zero attached hydrogens (tertiary/aromatic N) is 1. The largest absolute Gasteiger partial charge is 0.306 e. The lowest BCUT2D eigenvalue weighted by atomic mass is 10.0. The van der Waals surface area contributed by atoms with Gasteiger partial charge in [-0.2, -0.15) is 0 Å². The van der Waals surface area contributed by atoms with Crippen LogP contribution in [0.4, 0.5) is 5.69 Å². The molecule has 1 N–H and O–H groups in total. The van der Waals surface area contributed by atoms with Crippen LogP contribution < -0.4 is 10.2 Å². The van der Waals surface area contributed by atoms with E-state index in [1.807, 2.05) is 35.2 Å². The highest BCUT2D eigenvalue weighted by atomic mass is 16.2. The molecule has 1 atom stereocenters. The number of para-hydroxylation sites is 1. The second-order valence-electron chi connectivity index (χ2n) is 6.01. The molecule has 1 aliphatic heterocycles. The third-order valence-corrected chi connectivity index (χ3v) is 4.36. The molecule has 1 aromatic rings. The normalized spacial score (nSPS) is 24.8. The number of hydrogen-bond donors (Lipinski definition) is 1. The van der Waals surface area contributed by atoms with E-state index in [9.17, 15) is 4.79 Å². The molecule has 3 rings (SSSR count). The van der Waals surface area contributed by atoms with Crippen molar-refractivity contribution in [1.29, 1.82) is 0 Å². The summed E-state index contributed by atoms with van der Waals surface area (Å²) in [5.74, 6) is 0.255. The lowest BCUT2D eigenvalue weighted by Crippen LogP contribution is -2.52. The minimum Gasteiger partial charge on any atom is -0.306 e. The Labute approximate surface area is 115 Å². The molecule has 19 heavy (non-hydrogen) atoms. The molecule has 3 nitrogen and oxygen atoms in total. The third-order valence-electron chi connectivity index (χ3n) is 4.36. The van der Waals surface area contributed by atoms with Crippen molar-refractivity contribution in [3.8, 4) is 0 Å². The Kier molecular flexibility index (Phi) is 3.31. The van der Waals surface area contributed by atoms with Crippen molar-refractivity contribution in [3.05, 3.63) is 30.3 Å². The zero-order valence-corrected chi connectivity index (χ0v) is 11.6. The highest BCUT2D eigenvalue weighted by molar-refractivity contribution is 5.99. The van der Waals surface area contributed by atoms with Gasteiger partial charge in [0.05, 0.1) is 6.04 Å². The summed E-state index contributed by atoms with van der Waals surface area (Å²) >= 11 is 0. The van der Waals surface area contributed by atoms with Gasteiger partial charge in [0.2, 0.25) is 5.91 Å². The first-order valence-electron chi connectivity index (χ1n) is 7.33. The predicted octanol–water partition coefficient (Wildman–Crippen LogP) is 2.71. The number of piperidine rings is 1. The molecule has 0 radical (unpaired) electrons. The zero-order chi connectivity index (χ0) is 13.3. The van der Waals surface area contributed by atoms with Gasteiger partial charge in [-0.1, -0.05) is 24.6 Å². The minimum absolute atomic E-state index is 0.00591. The first kappa shape index (κ1) is 12.7. The van der Waals surface area contributed by atoms with Gasteiger partial charge < -0.3 is 10.2 Å². The van der Waals surface area contributed by atoms with Gasteiger partial charge in [-0.3, -0.25) is 4.79 Å². The van der Waals surface area contributed by atoms with Gasteiger partial charge in [-0.25, -0.2) is 0 Å². The average Bonchev–Trinajstić information content (AvgIpc) is 3.19. The Balaban J connectivity index is 1.85. The summed E-state index contributed by atoms with van der Waals surface area (Å²) in [5.41, 5.74) is 1.08. The fourth-order valence-corrected chi connectivity index (χ4v) is 2.90. The fraction of sp³-hybridized carbons (Fsp3) is 0.562. The standard InChI is InChI=1S/C16H22N2O/c1-16(10-11-16)18(13-7-3-2-4-8-13)15(19)14-9-5-6-12-17-14/h2-4,7-8,14,17H,5-6,9-12H2,1H3. The molecule has 1 aliphatic carbocycles. The van der Waals surface area contributed by atoms with Gasteiger partial charge in [0.1, 0.15) is 0 Å². The fourth-order valence-electron chi connectivity index (χ4n) is 2.90. The molecular formula is C16H22N2O. The Morgan fingerprint density at radius 3 is 2.58 bits per heavy atom. The van der Waals surface area contributed by atoms with E-state index in [2.05, 4.69) is 12.2 Å². The molecule has 0 spiro atoms. The van der Waals surface area contributed by atoms with Gasteiger partial charge in [0.15, 0.2) is 0 Å². The first-order chi connectivity index (χ1) is 9.21. The van der Waals surface area contributed by atoms with Crippen LogP contribution in [-0.4, -0.2) is 24.0 Å². The Hall–Kier alpha value is -1.35. The van der Waals surface area contributed by atoms with Crippen molar-refractivity contribution in [2.24, 2.45) is 0 Å². The zero-order valence-electron chi connectivity index (χ0n) is 11.6. The van der Waals surface area contributed by atoms with Crippen LogP contribution in [0.2, 0.25) is 0 Å².